The van der Waals surface area contributed by atoms with Gasteiger partial charge in [-0.2, -0.15) is 0 Å². The summed E-state index contributed by atoms with van der Waals surface area (Å²) >= 11 is 6.15. The Bertz CT molecular complexity index is 482. The predicted octanol–water partition coefficient (Wildman–Crippen LogP) is 2.92. The van der Waals surface area contributed by atoms with E-state index in [4.69, 9.17) is 11.6 Å². The molecule has 0 aromatic heterocycles. The standard InChI is InChI=1S/C13H15ClN2O/c1-3-12(17)16(13-9(2)8-15-13)11-7-5-4-6-10(11)14/h4-7,15H,3,8H2,1-2H3. The van der Waals surface area contributed by atoms with Crippen LogP contribution in [0, 0.1) is 0 Å². The molecule has 4 heteroatoms. The SMILES string of the molecule is CCC(=O)N(C1=C(C)CN1)c1ccccc1Cl. The lowest BCUT2D eigenvalue weighted by Crippen LogP contribution is -2.44. The van der Waals surface area contributed by atoms with Crippen LogP contribution in [0.2, 0.25) is 5.02 Å². The van der Waals surface area contributed by atoms with Gasteiger partial charge in [0.2, 0.25) is 5.91 Å². The lowest BCUT2D eigenvalue weighted by Gasteiger charge is -2.34. The van der Waals surface area contributed by atoms with E-state index in [2.05, 4.69) is 5.32 Å². The number of nitrogens with zero attached hydrogens (tertiary/aromatic N) is 1. The number of hydrogen-bond acceptors (Lipinski definition) is 2. The molecule has 0 bridgehead atoms. The summed E-state index contributed by atoms with van der Waals surface area (Å²) in [4.78, 5) is 13.7. The number of halogens is 1. The first-order valence-electron chi connectivity index (χ1n) is 5.66. The molecule has 1 amide bonds. The normalized spacial score (nSPS) is 14.1. The Hall–Kier alpha value is -1.48. The molecule has 90 valence electrons. The van der Waals surface area contributed by atoms with Crippen LogP contribution in [-0.2, 0) is 4.79 Å². The van der Waals surface area contributed by atoms with Crippen molar-refractivity contribution in [3.05, 3.63) is 40.7 Å². The zero-order chi connectivity index (χ0) is 12.4. The third-order valence-corrected chi connectivity index (χ3v) is 3.11. The van der Waals surface area contributed by atoms with E-state index in [0.717, 1.165) is 18.1 Å². The van der Waals surface area contributed by atoms with E-state index in [1.54, 1.807) is 11.0 Å². The van der Waals surface area contributed by atoms with Crippen LogP contribution < -0.4 is 10.2 Å². The van der Waals surface area contributed by atoms with Gasteiger partial charge in [-0.25, -0.2) is 0 Å². The van der Waals surface area contributed by atoms with Crippen LogP contribution in [0.3, 0.4) is 0 Å². The second-order valence-electron chi connectivity index (χ2n) is 4.02. The second kappa shape index (κ2) is 4.80. The average molecular weight is 251 g/mol. The Morgan fingerprint density at radius 1 is 1.47 bits per heavy atom. The molecule has 0 saturated carbocycles. The van der Waals surface area contributed by atoms with Gasteiger partial charge in [0, 0.05) is 13.0 Å². The molecule has 0 unspecified atom stereocenters. The Kier molecular flexibility index (Phi) is 3.38. The first-order valence-corrected chi connectivity index (χ1v) is 6.04. The number of benzene rings is 1. The van der Waals surface area contributed by atoms with E-state index in [1.807, 2.05) is 32.0 Å². The number of hydrogen-bond donors (Lipinski definition) is 1. The molecule has 1 aliphatic heterocycles. The smallest absolute Gasteiger partial charge is 0.232 e. The number of nitrogens with one attached hydrogen (secondary N) is 1. The first-order chi connectivity index (χ1) is 8.15. The molecule has 1 heterocycles. The van der Waals surface area contributed by atoms with E-state index in [0.29, 0.717) is 11.4 Å². The van der Waals surface area contributed by atoms with Gasteiger partial charge in [0.05, 0.1) is 10.7 Å². The Labute approximate surface area is 106 Å². The van der Waals surface area contributed by atoms with Crippen molar-refractivity contribution in [3.8, 4) is 0 Å². The van der Waals surface area contributed by atoms with Gasteiger partial charge in [0.15, 0.2) is 0 Å². The van der Waals surface area contributed by atoms with Crippen molar-refractivity contribution in [1.29, 1.82) is 0 Å². The quantitative estimate of drug-likeness (QED) is 0.895. The van der Waals surface area contributed by atoms with Gasteiger partial charge in [0.25, 0.3) is 0 Å². The van der Waals surface area contributed by atoms with Gasteiger partial charge < -0.3 is 5.32 Å². The summed E-state index contributed by atoms with van der Waals surface area (Å²) < 4.78 is 0. The van der Waals surface area contributed by atoms with Gasteiger partial charge in [0.1, 0.15) is 5.82 Å². The number of carbonyl (C=O) groups excluding carboxylic acids is 1. The van der Waals surface area contributed by atoms with E-state index >= 15 is 0 Å². The van der Waals surface area contributed by atoms with Crippen molar-refractivity contribution in [2.24, 2.45) is 0 Å². The molecular weight excluding hydrogens is 236 g/mol. The van der Waals surface area contributed by atoms with Gasteiger partial charge in [-0.05, 0) is 24.6 Å². The number of amides is 1. The van der Waals surface area contributed by atoms with Crippen LogP contribution in [0.15, 0.2) is 35.7 Å². The predicted molar refractivity (Wildman–Crippen MR) is 69.9 cm³/mol. The highest BCUT2D eigenvalue weighted by Gasteiger charge is 2.26. The number of carbonyl (C=O) groups is 1. The topological polar surface area (TPSA) is 32.3 Å². The highest BCUT2D eigenvalue weighted by molar-refractivity contribution is 6.34. The minimum Gasteiger partial charge on any atom is -0.367 e. The van der Waals surface area contributed by atoms with Gasteiger partial charge in [-0.15, -0.1) is 0 Å². The largest absolute Gasteiger partial charge is 0.367 e. The zero-order valence-corrected chi connectivity index (χ0v) is 10.7. The third-order valence-electron chi connectivity index (χ3n) is 2.79. The maximum absolute atomic E-state index is 12.0. The molecule has 0 spiro atoms. The Balaban J connectivity index is 2.45. The highest BCUT2D eigenvalue weighted by atomic mass is 35.5. The molecule has 0 fully saturated rings. The maximum Gasteiger partial charge on any atom is 0.232 e. The molecule has 3 nitrogen and oxygen atoms in total. The molecule has 0 saturated heterocycles. The summed E-state index contributed by atoms with van der Waals surface area (Å²) in [5.74, 6) is 0.907. The van der Waals surface area contributed by atoms with Gasteiger partial charge >= 0.3 is 0 Å². The molecule has 0 atom stereocenters. The second-order valence-corrected chi connectivity index (χ2v) is 4.42. The minimum absolute atomic E-state index is 0.0413. The molecule has 1 aromatic rings. The van der Waals surface area contributed by atoms with Gasteiger partial charge in [-0.3, -0.25) is 9.69 Å². The van der Waals surface area contributed by atoms with E-state index in [1.165, 1.54) is 5.57 Å². The number of para-hydroxylation sites is 1. The minimum atomic E-state index is 0.0413. The van der Waals surface area contributed by atoms with Crippen molar-refractivity contribution < 1.29 is 4.79 Å². The van der Waals surface area contributed by atoms with Crippen LogP contribution in [0.1, 0.15) is 20.3 Å². The summed E-state index contributed by atoms with van der Waals surface area (Å²) in [6.07, 6.45) is 0.448. The fourth-order valence-electron chi connectivity index (χ4n) is 1.78. The summed E-state index contributed by atoms with van der Waals surface area (Å²) in [5.41, 5.74) is 1.91. The molecule has 1 aliphatic rings. The van der Waals surface area contributed by atoms with Crippen LogP contribution in [-0.4, -0.2) is 12.5 Å². The third kappa shape index (κ3) is 2.15. The molecule has 2 rings (SSSR count). The molecular formula is C13H15ClN2O. The fraction of sp³-hybridized carbons (Fsp3) is 0.308. The average Bonchev–Trinajstić information content (AvgIpc) is 2.34. The summed E-state index contributed by atoms with van der Waals surface area (Å²) in [6, 6.07) is 7.39. The van der Waals surface area contributed by atoms with Crippen molar-refractivity contribution in [3.63, 3.8) is 0 Å². The van der Waals surface area contributed by atoms with E-state index in [-0.39, 0.29) is 5.91 Å². The van der Waals surface area contributed by atoms with E-state index in [9.17, 15) is 4.79 Å². The van der Waals surface area contributed by atoms with Gasteiger partial charge in [-0.1, -0.05) is 30.7 Å². The van der Waals surface area contributed by atoms with Crippen LogP contribution in [0.4, 0.5) is 5.69 Å². The first kappa shape index (κ1) is 12.0. The van der Waals surface area contributed by atoms with Crippen LogP contribution >= 0.6 is 11.6 Å². The zero-order valence-electron chi connectivity index (χ0n) is 9.96. The molecule has 0 radical (unpaired) electrons. The summed E-state index contributed by atoms with van der Waals surface area (Å²) in [5, 5.41) is 3.75. The van der Waals surface area contributed by atoms with Crippen LogP contribution in [0.5, 0.6) is 0 Å². The fourth-order valence-corrected chi connectivity index (χ4v) is 2.01. The molecule has 1 aromatic carbocycles. The molecule has 1 N–H and O–H groups in total. The number of rotatable bonds is 3. The monoisotopic (exact) mass is 250 g/mol. The number of anilines is 1. The Morgan fingerprint density at radius 3 is 2.65 bits per heavy atom. The lowest BCUT2D eigenvalue weighted by molar-refractivity contribution is -0.118. The maximum atomic E-state index is 12.0. The molecule has 17 heavy (non-hydrogen) atoms. The van der Waals surface area contributed by atoms with Crippen molar-refractivity contribution in [2.45, 2.75) is 20.3 Å². The highest BCUT2D eigenvalue weighted by Crippen LogP contribution is 2.30. The lowest BCUT2D eigenvalue weighted by atomic mass is 10.1. The van der Waals surface area contributed by atoms with Crippen molar-refractivity contribution >= 4 is 23.2 Å². The Morgan fingerprint density at radius 2 is 2.18 bits per heavy atom. The van der Waals surface area contributed by atoms with Crippen molar-refractivity contribution in [2.75, 3.05) is 11.4 Å². The summed E-state index contributed by atoms with van der Waals surface area (Å²) in [6.45, 7) is 4.69. The van der Waals surface area contributed by atoms with Crippen LogP contribution in [0.25, 0.3) is 0 Å². The summed E-state index contributed by atoms with van der Waals surface area (Å²) in [7, 11) is 0. The van der Waals surface area contributed by atoms with E-state index < -0.39 is 0 Å². The molecule has 0 aliphatic carbocycles. The van der Waals surface area contributed by atoms with Crippen molar-refractivity contribution in [1.82, 2.24) is 5.32 Å².